The highest BCUT2D eigenvalue weighted by Crippen LogP contribution is 2.35. The molecule has 2 aromatic heterocycles. The molecule has 4 rings (SSSR count). The third-order valence-electron chi connectivity index (χ3n) is 4.08. The van der Waals surface area contributed by atoms with Gasteiger partial charge in [0.25, 0.3) is 0 Å². The summed E-state index contributed by atoms with van der Waals surface area (Å²) in [6.45, 7) is 3.65. The van der Waals surface area contributed by atoms with Gasteiger partial charge in [0.2, 0.25) is 0 Å². The first kappa shape index (κ1) is 17.3. The summed E-state index contributed by atoms with van der Waals surface area (Å²) in [5, 5.41) is 10.3. The van der Waals surface area contributed by atoms with E-state index < -0.39 is 0 Å². The molecule has 0 atom stereocenters. The molecule has 8 heteroatoms. The van der Waals surface area contributed by atoms with Gasteiger partial charge in [0.15, 0.2) is 17.8 Å². The Hall–Kier alpha value is -2.09. The molecule has 0 spiro atoms. The molecule has 0 amide bonds. The zero-order chi connectivity index (χ0) is 17.9. The lowest BCUT2D eigenvalue weighted by Gasteiger charge is -2.21. The Balaban J connectivity index is 1.60. The summed E-state index contributed by atoms with van der Waals surface area (Å²) in [7, 11) is 0. The molecule has 26 heavy (non-hydrogen) atoms. The maximum absolute atomic E-state index is 6.25. The number of hydrogen-bond acceptors (Lipinski definition) is 6. The first-order valence-electron chi connectivity index (χ1n) is 8.24. The third-order valence-corrected chi connectivity index (χ3v) is 5.31. The van der Waals surface area contributed by atoms with Crippen molar-refractivity contribution >= 4 is 23.4 Å². The molecule has 0 aliphatic carbocycles. The minimum atomic E-state index is 0.267. The Morgan fingerprint density at radius 3 is 2.88 bits per heavy atom. The molecule has 0 N–H and O–H groups in total. The van der Waals surface area contributed by atoms with Gasteiger partial charge in [-0.2, -0.15) is 0 Å². The second-order valence-electron chi connectivity index (χ2n) is 5.74. The lowest BCUT2D eigenvalue weighted by molar-refractivity contribution is -0.0168. The molecule has 6 nitrogen and oxygen atoms in total. The number of thioether (sulfide) groups is 1. The van der Waals surface area contributed by atoms with E-state index in [-0.39, 0.29) is 6.79 Å². The van der Waals surface area contributed by atoms with Crippen LogP contribution in [0, 0.1) is 0 Å². The van der Waals surface area contributed by atoms with E-state index in [1.165, 1.54) is 0 Å². The number of benzene rings is 1. The lowest BCUT2D eigenvalue weighted by atomic mass is 10.1. The Labute approximate surface area is 160 Å². The van der Waals surface area contributed by atoms with E-state index in [0.29, 0.717) is 17.4 Å². The van der Waals surface area contributed by atoms with Crippen LogP contribution in [-0.2, 0) is 23.6 Å². The molecule has 0 fully saturated rings. The second kappa shape index (κ2) is 7.65. The molecular weight excluding hydrogens is 372 g/mol. The van der Waals surface area contributed by atoms with E-state index in [1.54, 1.807) is 24.2 Å². The van der Waals surface area contributed by atoms with Gasteiger partial charge in [-0.05, 0) is 31.2 Å². The average molecular weight is 389 g/mol. The largest absolute Gasteiger partial charge is 0.467 e. The Kier molecular flexibility index (Phi) is 5.10. The zero-order valence-electron chi connectivity index (χ0n) is 14.2. The van der Waals surface area contributed by atoms with E-state index >= 15 is 0 Å². The predicted octanol–water partition coefficient (Wildman–Crippen LogP) is 4.17. The SMILES string of the molecule is CCn1c(SCc2cc(Cl)cc3c2OCOC3)nnc1-c1ccncc1. The fraction of sp³-hybridized carbons (Fsp3) is 0.278. The molecule has 1 aliphatic rings. The number of ether oxygens (including phenoxy) is 2. The summed E-state index contributed by atoms with van der Waals surface area (Å²) >= 11 is 7.86. The number of halogens is 1. The van der Waals surface area contributed by atoms with E-state index in [2.05, 4.69) is 26.7 Å². The van der Waals surface area contributed by atoms with E-state index in [0.717, 1.165) is 40.0 Å². The highest BCUT2D eigenvalue weighted by Gasteiger charge is 2.18. The molecule has 3 heterocycles. The maximum Gasteiger partial charge on any atom is 0.191 e. The molecule has 0 unspecified atom stereocenters. The minimum absolute atomic E-state index is 0.267. The van der Waals surface area contributed by atoms with Gasteiger partial charge in [-0.3, -0.25) is 4.98 Å². The number of pyridine rings is 1. The summed E-state index contributed by atoms with van der Waals surface area (Å²) < 4.78 is 13.1. The lowest BCUT2D eigenvalue weighted by Crippen LogP contribution is -2.13. The third kappa shape index (κ3) is 3.42. The van der Waals surface area contributed by atoms with Crippen molar-refractivity contribution in [3.8, 4) is 17.1 Å². The monoisotopic (exact) mass is 388 g/mol. The van der Waals surface area contributed by atoms with Crippen LogP contribution < -0.4 is 4.74 Å². The van der Waals surface area contributed by atoms with Crippen LogP contribution in [0.2, 0.25) is 5.02 Å². The number of fused-ring (bicyclic) bond motifs is 1. The molecule has 0 bridgehead atoms. The van der Waals surface area contributed by atoms with Gasteiger partial charge >= 0.3 is 0 Å². The van der Waals surface area contributed by atoms with Crippen molar-refractivity contribution in [2.75, 3.05) is 6.79 Å². The van der Waals surface area contributed by atoms with Crippen LogP contribution in [0.3, 0.4) is 0 Å². The van der Waals surface area contributed by atoms with Crippen LogP contribution in [0.5, 0.6) is 5.75 Å². The quantitative estimate of drug-likeness (QED) is 0.611. The van der Waals surface area contributed by atoms with Crippen molar-refractivity contribution < 1.29 is 9.47 Å². The average Bonchev–Trinajstić information content (AvgIpc) is 3.09. The predicted molar refractivity (Wildman–Crippen MR) is 100 cm³/mol. The van der Waals surface area contributed by atoms with Gasteiger partial charge in [-0.1, -0.05) is 23.4 Å². The maximum atomic E-state index is 6.25. The van der Waals surface area contributed by atoms with Crippen LogP contribution >= 0.6 is 23.4 Å². The number of hydrogen-bond donors (Lipinski definition) is 0. The standard InChI is InChI=1S/C18H17ClN4O2S/c1-2-23-17(12-3-5-20-6-4-12)21-22-18(23)26-10-14-8-15(19)7-13-9-24-11-25-16(13)14/h3-8H,2,9-11H2,1H3. The Bertz CT molecular complexity index is 917. The van der Waals surface area contributed by atoms with Gasteiger partial charge < -0.3 is 14.0 Å². The van der Waals surface area contributed by atoms with E-state index in [1.807, 2.05) is 24.3 Å². The molecule has 0 saturated heterocycles. The normalized spacial score (nSPS) is 13.3. The zero-order valence-corrected chi connectivity index (χ0v) is 15.8. The van der Waals surface area contributed by atoms with Gasteiger partial charge in [0.05, 0.1) is 6.61 Å². The smallest absolute Gasteiger partial charge is 0.191 e. The molecule has 0 saturated carbocycles. The molecule has 0 radical (unpaired) electrons. The number of rotatable bonds is 5. The summed E-state index contributed by atoms with van der Waals surface area (Å²) in [4.78, 5) is 4.06. The second-order valence-corrected chi connectivity index (χ2v) is 7.12. The summed E-state index contributed by atoms with van der Waals surface area (Å²) in [5.41, 5.74) is 3.02. The van der Waals surface area contributed by atoms with Crippen LogP contribution in [-0.4, -0.2) is 26.5 Å². The van der Waals surface area contributed by atoms with Gasteiger partial charge in [0.1, 0.15) is 5.75 Å². The van der Waals surface area contributed by atoms with Gasteiger partial charge in [-0.15, -0.1) is 10.2 Å². The van der Waals surface area contributed by atoms with E-state index in [4.69, 9.17) is 21.1 Å². The summed E-state index contributed by atoms with van der Waals surface area (Å²) in [6.07, 6.45) is 3.52. The van der Waals surface area contributed by atoms with Crippen molar-refractivity contribution in [1.29, 1.82) is 0 Å². The molecule has 1 aliphatic heterocycles. The van der Waals surface area contributed by atoms with Crippen LogP contribution in [0.4, 0.5) is 0 Å². The van der Waals surface area contributed by atoms with Crippen LogP contribution in [0.15, 0.2) is 41.8 Å². The fourth-order valence-electron chi connectivity index (χ4n) is 2.90. The topological polar surface area (TPSA) is 62.1 Å². The molecule has 134 valence electrons. The van der Waals surface area contributed by atoms with Crippen molar-refractivity contribution in [3.63, 3.8) is 0 Å². The Morgan fingerprint density at radius 2 is 2.08 bits per heavy atom. The van der Waals surface area contributed by atoms with Crippen LogP contribution in [0.1, 0.15) is 18.1 Å². The Morgan fingerprint density at radius 1 is 1.23 bits per heavy atom. The molecule has 3 aromatic rings. The highest BCUT2D eigenvalue weighted by atomic mass is 35.5. The van der Waals surface area contributed by atoms with Crippen molar-refractivity contribution in [2.24, 2.45) is 0 Å². The van der Waals surface area contributed by atoms with Crippen LogP contribution in [0.25, 0.3) is 11.4 Å². The first-order chi connectivity index (χ1) is 12.8. The fourth-order valence-corrected chi connectivity index (χ4v) is 4.13. The molecule has 1 aromatic carbocycles. The van der Waals surface area contributed by atoms with E-state index in [9.17, 15) is 0 Å². The number of nitrogens with zero attached hydrogens (tertiary/aromatic N) is 4. The summed E-state index contributed by atoms with van der Waals surface area (Å²) in [6, 6.07) is 7.70. The number of aromatic nitrogens is 4. The molecular formula is C18H17ClN4O2S. The highest BCUT2D eigenvalue weighted by molar-refractivity contribution is 7.98. The van der Waals surface area contributed by atoms with Gasteiger partial charge in [-0.25, -0.2) is 0 Å². The summed E-state index contributed by atoms with van der Waals surface area (Å²) in [5.74, 6) is 2.40. The van der Waals surface area contributed by atoms with Crippen molar-refractivity contribution in [2.45, 2.75) is 31.0 Å². The first-order valence-corrected chi connectivity index (χ1v) is 9.61. The van der Waals surface area contributed by atoms with Crippen molar-refractivity contribution in [1.82, 2.24) is 19.7 Å². The van der Waals surface area contributed by atoms with Gasteiger partial charge in [0, 0.05) is 46.4 Å². The minimum Gasteiger partial charge on any atom is -0.467 e. The van der Waals surface area contributed by atoms with Crippen molar-refractivity contribution in [3.05, 3.63) is 52.8 Å².